The third-order valence-electron chi connectivity index (χ3n) is 3.49. The highest BCUT2D eigenvalue weighted by Crippen LogP contribution is 2.22. The molecular formula is C15H17N3O2. The second kappa shape index (κ2) is 5.46. The van der Waals surface area contributed by atoms with Gasteiger partial charge in [-0.2, -0.15) is 0 Å². The summed E-state index contributed by atoms with van der Waals surface area (Å²) >= 11 is 0. The van der Waals surface area contributed by atoms with Crippen LogP contribution in [0.1, 0.15) is 28.6 Å². The largest absolute Gasteiger partial charge is 0.361 e. The predicted octanol–water partition coefficient (Wildman–Crippen LogP) is 1.49. The first-order valence-corrected chi connectivity index (χ1v) is 6.75. The maximum absolute atomic E-state index is 12.3. The van der Waals surface area contributed by atoms with Gasteiger partial charge in [0.1, 0.15) is 17.5 Å². The number of carbonyl (C=O) groups is 1. The minimum absolute atomic E-state index is 0.0298. The van der Waals surface area contributed by atoms with E-state index in [1.165, 1.54) is 5.56 Å². The van der Waals surface area contributed by atoms with Gasteiger partial charge in [0.2, 0.25) is 5.91 Å². The van der Waals surface area contributed by atoms with Gasteiger partial charge in [-0.15, -0.1) is 0 Å². The van der Waals surface area contributed by atoms with Crippen LogP contribution in [0.4, 0.5) is 0 Å². The lowest BCUT2D eigenvalue weighted by Gasteiger charge is -2.25. The Morgan fingerprint density at radius 1 is 1.50 bits per heavy atom. The van der Waals surface area contributed by atoms with E-state index in [2.05, 4.69) is 21.9 Å². The molecule has 0 fully saturated rings. The molecule has 0 saturated carbocycles. The van der Waals surface area contributed by atoms with Gasteiger partial charge < -0.3 is 15.2 Å². The normalized spacial score (nSPS) is 17.6. The van der Waals surface area contributed by atoms with Gasteiger partial charge in [-0.1, -0.05) is 29.4 Å². The molecule has 0 bridgehead atoms. The van der Waals surface area contributed by atoms with Gasteiger partial charge in [-0.25, -0.2) is 0 Å². The van der Waals surface area contributed by atoms with Crippen molar-refractivity contribution in [2.45, 2.75) is 25.9 Å². The fraction of sp³-hybridized carbons (Fsp3) is 0.333. The SMILES string of the molecule is Cc1cc(CNC(=O)C2NCCc3ccccc32)no1. The highest BCUT2D eigenvalue weighted by atomic mass is 16.5. The van der Waals surface area contributed by atoms with Crippen molar-refractivity contribution in [1.29, 1.82) is 0 Å². The van der Waals surface area contributed by atoms with Crippen LogP contribution < -0.4 is 10.6 Å². The van der Waals surface area contributed by atoms with Crippen molar-refractivity contribution < 1.29 is 9.32 Å². The average Bonchev–Trinajstić information content (AvgIpc) is 2.90. The van der Waals surface area contributed by atoms with Crippen LogP contribution in [0, 0.1) is 6.92 Å². The van der Waals surface area contributed by atoms with Gasteiger partial charge in [-0.3, -0.25) is 4.79 Å². The lowest BCUT2D eigenvalue weighted by atomic mass is 9.94. The van der Waals surface area contributed by atoms with Crippen LogP contribution in [0.15, 0.2) is 34.9 Å². The molecule has 2 heterocycles. The van der Waals surface area contributed by atoms with E-state index in [4.69, 9.17) is 4.52 Å². The number of amides is 1. The molecule has 1 amide bonds. The molecule has 0 saturated heterocycles. The van der Waals surface area contributed by atoms with Crippen molar-refractivity contribution in [3.63, 3.8) is 0 Å². The number of rotatable bonds is 3. The van der Waals surface area contributed by atoms with E-state index in [1.807, 2.05) is 31.2 Å². The third-order valence-corrected chi connectivity index (χ3v) is 3.49. The maximum Gasteiger partial charge on any atom is 0.242 e. The summed E-state index contributed by atoms with van der Waals surface area (Å²) in [5.41, 5.74) is 3.04. The van der Waals surface area contributed by atoms with E-state index in [-0.39, 0.29) is 11.9 Å². The van der Waals surface area contributed by atoms with E-state index in [1.54, 1.807) is 0 Å². The van der Waals surface area contributed by atoms with E-state index < -0.39 is 0 Å². The molecule has 1 atom stereocenters. The van der Waals surface area contributed by atoms with Crippen LogP contribution in [0.25, 0.3) is 0 Å². The van der Waals surface area contributed by atoms with E-state index in [0.717, 1.165) is 30.0 Å². The molecule has 0 aliphatic carbocycles. The second-order valence-corrected chi connectivity index (χ2v) is 4.98. The summed E-state index contributed by atoms with van der Waals surface area (Å²) in [5.74, 6) is 0.716. The Morgan fingerprint density at radius 3 is 3.15 bits per heavy atom. The van der Waals surface area contributed by atoms with Crippen LogP contribution in [-0.4, -0.2) is 17.6 Å². The molecule has 20 heavy (non-hydrogen) atoms. The zero-order valence-electron chi connectivity index (χ0n) is 11.3. The highest BCUT2D eigenvalue weighted by Gasteiger charge is 2.25. The summed E-state index contributed by atoms with van der Waals surface area (Å²) in [5, 5.41) is 10.0. The van der Waals surface area contributed by atoms with Crippen molar-refractivity contribution in [2.75, 3.05) is 6.54 Å². The summed E-state index contributed by atoms with van der Waals surface area (Å²) in [6.07, 6.45) is 0.961. The standard InChI is InChI=1S/C15H17N3O2/c1-10-8-12(18-20-10)9-17-15(19)14-13-5-3-2-4-11(13)6-7-16-14/h2-5,8,14,16H,6-7,9H2,1H3,(H,17,19). The Morgan fingerprint density at radius 2 is 2.35 bits per heavy atom. The number of aryl methyl sites for hydroxylation is 1. The van der Waals surface area contributed by atoms with Gasteiger partial charge in [-0.05, 0) is 24.5 Å². The first-order valence-electron chi connectivity index (χ1n) is 6.75. The molecule has 5 heteroatoms. The Labute approximate surface area is 117 Å². The quantitative estimate of drug-likeness (QED) is 0.887. The van der Waals surface area contributed by atoms with Gasteiger partial charge in [0.25, 0.3) is 0 Å². The molecular weight excluding hydrogens is 254 g/mol. The summed E-state index contributed by atoms with van der Waals surface area (Å²) in [6, 6.07) is 9.60. The van der Waals surface area contributed by atoms with E-state index in [9.17, 15) is 4.79 Å². The van der Waals surface area contributed by atoms with E-state index >= 15 is 0 Å². The predicted molar refractivity (Wildman–Crippen MR) is 74.0 cm³/mol. The molecule has 1 aliphatic heterocycles. The highest BCUT2D eigenvalue weighted by molar-refractivity contribution is 5.83. The van der Waals surface area contributed by atoms with Crippen LogP contribution >= 0.6 is 0 Å². The summed E-state index contributed by atoms with van der Waals surface area (Å²) in [4.78, 5) is 12.3. The molecule has 5 nitrogen and oxygen atoms in total. The number of hydrogen-bond donors (Lipinski definition) is 2. The minimum atomic E-state index is -0.284. The van der Waals surface area contributed by atoms with Crippen molar-refractivity contribution >= 4 is 5.91 Å². The first kappa shape index (κ1) is 12.9. The smallest absolute Gasteiger partial charge is 0.242 e. The van der Waals surface area contributed by atoms with Crippen molar-refractivity contribution in [3.8, 4) is 0 Å². The molecule has 1 aliphatic rings. The lowest BCUT2D eigenvalue weighted by Crippen LogP contribution is -2.41. The number of nitrogens with one attached hydrogen (secondary N) is 2. The lowest BCUT2D eigenvalue weighted by molar-refractivity contribution is -0.123. The van der Waals surface area contributed by atoms with Crippen LogP contribution in [0.2, 0.25) is 0 Å². The van der Waals surface area contributed by atoms with Gasteiger partial charge in [0.15, 0.2) is 0 Å². The number of aromatic nitrogens is 1. The minimum Gasteiger partial charge on any atom is -0.361 e. The molecule has 2 N–H and O–H groups in total. The molecule has 3 rings (SSSR count). The number of nitrogens with zero attached hydrogens (tertiary/aromatic N) is 1. The molecule has 0 radical (unpaired) electrons. The molecule has 104 valence electrons. The number of hydrogen-bond acceptors (Lipinski definition) is 4. The molecule has 2 aromatic rings. The molecule has 0 spiro atoms. The fourth-order valence-corrected chi connectivity index (χ4v) is 2.52. The molecule has 1 unspecified atom stereocenters. The van der Waals surface area contributed by atoms with E-state index in [0.29, 0.717) is 6.54 Å². The topological polar surface area (TPSA) is 67.2 Å². The summed E-state index contributed by atoms with van der Waals surface area (Å²) in [6.45, 7) is 3.03. The zero-order chi connectivity index (χ0) is 13.9. The number of carbonyl (C=O) groups excluding carboxylic acids is 1. The third kappa shape index (κ3) is 2.58. The average molecular weight is 271 g/mol. The molecule has 1 aromatic carbocycles. The van der Waals surface area contributed by atoms with Crippen LogP contribution in [0.3, 0.4) is 0 Å². The fourth-order valence-electron chi connectivity index (χ4n) is 2.52. The number of fused-ring (bicyclic) bond motifs is 1. The van der Waals surface area contributed by atoms with Crippen LogP contribution in [0.5, 0.6) is 0 Å². The zero-order valence-corrected chi connectivity index (χ0v) is 11.3. The Balaban J connectivity index is 1.69. The van der Waals surface area contributed by atoms with Crippen molar-refractivity contribution in [3.05, 3.63) is 52.9 Å². The Kier molecular flexibility index (Phi) is 3.52. The van der Waals surface area contributed by atoms with Gasteiger partial charge in [0.05, 0.1) is 6.54 Å². The van der Waals surface area contributed by atoms with Crippen LogP contribution in [-0.2, 0) is 17.8 Å². The number of benzene rings is 1. The first-order chi connectivity index (χ1) is 9.74. The molecule has 1 aromatic heterocycles. The summed E-state index contributed by atoms with van der Waals surface area (Å²) < 4.78 is 4.98. The van der Waals surface area contributed by atoms with Crippen molar-refractivity contribution in [1.82, 2.24) is 15.8 Å². The summed E-state index contributed by atoms with van der Waals surface area (Å²) in [7, 11) is 0. The van der Waals surface area contributed by atoms with Gasteiger partial charge in [0, 0.05) is 12.6 Å². The maximum atomic E-state index is 12.3. The monoisotopic (exact) mass is 271 g/mol. The van der Waals surface area contributed by atoms with Crippen molar-refractivity contribution in [2.24, 2.45) is 0 Å². The Bertz CT molecular complexity index is 621. The van der Waals surface area contributed by atoms with Gasteiger partial charge >= 0.3 is 0 Å². The Hall–Kier alpha value is -2.14. The second-order valence-electron chi connectivity index (χ2n) is 4.98.